The molecular formula is C12H16O4. The van der Waals surface area contributed by atoms with Gasteiger partial charge < -0.3 is 19.7 Å². The van der Waals surface area contributed by atoms with Gasteiger partial charge in [-0.1, -0.05) is 6.92 Å². The number of phenols is 1. The van der Waals surface area contributed by atoms with Crippen LogP contribution in [-0.2, 0) is 21.9 Å². The Morgan fingerprint density at radius 2 is 2.00 bits per heavy atom. The standard InChI is InChI=1S/C12H16O4/c1-2-12(15-5-6-16-12)10-3-4-11(14)9(7-10)8-13/h3-4,7,13-14H,2,5-6,8H2,1H3. The van der Waals surface area contributed by atoms with Gasteiger partial charge in [-0.3, -0.25) is 0 Å². The van der Waals surface area contributed by atoms with Crippen LogP contribution in [-0.4, -0.2) is 23.4 Å². The van der Waals surface area contributed by atoms with E-state index in [1.807, 2.05) is 6.92 Å². The van der Waals surface area contributed by atoms with E-state index in [9.17, 15) is 5.11 Å². The van der Waals surface area contributed by atoms with Crippen molar-refractivity contribution in [2.45, 2.75) is 25.7 Å². The highest BCUT2D eigenvalue weighted by Crippen LogP contribution is 2.36. The van der Waals surface area contributed by atoms with E-state index >= 15 is 0 Å². The predicted octanol–water partition coefficient (Wildman–Crippen LogP) is 1.49. The van der Waals surface area contributed by atoms with Gasteiger partial charge in [0.05, 0.1) is 19.8 Å². The normalized spacial score (nSPS) is 18.9. The van der Waals surface area contributed by atoms with Gasteiger partial charge in [-0.2, -0.15) is 0 Å². The summed E-state index contributed by atoms with van der Waals surface area (Å²) in [5.74, 6) is -0.618. The second-order valence-electron chi connectivity index (χ2n) is 3.80. The van der Waals surface area contributed by atoms with Crippen molar-refractivity contribution in [3.05, 3.63) is 29.3 Å². The molecule has 1 saturated heterocycles. The highest BCUT2D eigenvalue weighted by atomic mass is 16.7. The summed E-state index contributed by atoms with van der Waals surface area (Å²) in [5, 5.41) is 18.6. The van der Waals surface area contributed by atoms with Gasteiger partial charge in [0.1, 0.15) is 5.75 Å². The molecule has 2 rings (SSSR count). The van der Waals surface area contributed by atoms with Crippen LogP contribution >= 0.6 is 0 Å². The molecule has 1 heterocycles. The van der Waals surface area contributed by atoms with E-state index in [-0.39, 0.29) is 12.4 Å². The molecule has 1 aliphatic heterocycles. The van der Waals surface area contributed by atoms with Crippen LogP contribution in [0.1, 0.15) is 24.5 Å². The minimum Gasteiger partial charge on any atom is -0.508 e. The fraction of sp³-hybridized carbons (Fsp3) is 0.500. The van der Waals surface area contributed by atoms with Crippen LogP contribution in [0, 0.1) is 0 Å². The van der Waals surface area contributed by atoms with Gasteiger partial charge in [0.25, 0.3) is 0 Å². The Hall–Kier alpha value is -1.10. The summed E-state index contributed by atoms with van der Waals surface area (Å²) in [5.41, 5.74) is 1.33. The molecule has 0 atom stereocenters. The summed E-state index contributed by atoms with van der Waals surface area (Å²) in [6.07, 6.45) is 0.697. The molecule has 0 radical (unpaired) electrons. The van der Waals surface area contributed by atoms with E-state index in [0.29, 0.717) is 25.2 Å². The van der Waals surface area contributed by atoms with Crippen molar-refractivity contribution in [1.29, 1.82) is 0 Å². The predicted molar refractivity (Wildman–Crippen MR) is 57.9 cm³/mol. The van der Waals surface area contributed by atoms with E-state index in [1.165, 1.54) is 0 Å². The van der Waals surface area contributed by atoms with Gasteiger partial charge in [0.2, 0.25) is 0 Å². The molecule has 1 aromatic carbocycles. The lowest BCUT2D eigenvalue weighted by molar-refractivity contribution is -0.167. The number of hydrogen-bond acceptors (Lipinski definition) is 4. The van der Waals surface area contributed by atoms with Crippen LogP contribution < -0.4 is 0 Å². The maximum absolute atomic E-state index is 9.49. The fourth-order valence-corrected chi connectivity index (χ4v) is 1.98. The maximum atomic E-state index is 9.49. The van der Waals surface area contributed by atoms with Crippen LogP contribution in [0.4, 0.5) is 0 Å². The molecule has 0 bridgehead atoms. The van der Waals surface area contributed by atoms with E-state index < -0.39 is 5.79 Å². The van der Waals surface area contributed by atoms with Crippen molar-refractivity contribution in [3.63, 3.8) is 0 Å². The van der Waals surface area contributed by atoms with E-state index in [2.05, 4.69) is 0 Å². The summed E-state index contributed by atoms with van der Waals surface area (Å²) in [6, 6.07) is 5.05. The molecule has 0 saturated carbocycles. The molecular weight excluding hydrogens is 208 g/mol. The summed E-state index contributed by atoms with van der Waals surface area (Å²) in [4.78, 5) is 0. The Balaban J connectivity index is 2.38. The second kappa shape index (κ2) is 4.41. The average Bonchev–Trinajstić information content (AvgIpc) is 2.79. The van der Waals surface area contributed by atoms with Crippen LogP contribution in [0.15, 0.2) is 18.2 Å². The van der Waals surface area contributed by atoms with Gasteiger partial charge in [0, 0.05) is 17.5 Å². The van der Waals surface area contributed by atoms with Crippen LogP contribution in [0.25, 0.3) is 0 Å². The van der Waals surface area contributed by atoms with Crippen molar-refractivity contribution in [2.75, 3.05) is 13.2 Å². The molecule has 2 N–H and O–H groups in total. The number of ether oxygens (including phenoxy) is 2. The van der Waals surface area contributed by atoms with Crippen molar-refractivity contribution < 1.29 is 19.7 Å². The fourth-order valence-electron chi connectivity index (χ4n) is 1.98. The molecule has 1 aliphatic rings. The zero-order chi connectivity index (χ0) is 11.6. The Labute approximate surface area is 94.4 Å². The number of aliphatic hydroxyl groups excluding tert-OH is 1. The second-order valence-corrected chi connectivity index (χ2v) is 3.80. The lowest BCUT2D eigenvalue weighted by atomic mass is 10.0. The first-order chi connectivity index (χ1) is 7.72. The third-order valence-corrected chi connectivity index (χ3v) is 2.91. The Morgan fingerprint density at radius 1 is 1.31 bits per heavy atom. The summed E-state index contributed by atoms with van der Waals surface area (Å²) in [7, 11) is 0. The van der Waals surface area contributed by atoms with E-state index in [0.717, 1.165) is 5.56 Å². The van der Waals surface area contributed by atoms with E-state index in [4.69, 9.17) is 14.6 Å². The molecule has 16 heavy (non-hydrogen) atoms. The van der Waals surface area contributed by atoms with Gasteiger partial charge in [-0.25, -0.2) is 0 Å². The van der Waals surface area contributed by atoms with Crippen molar-refractivity contribution in [3.8, 4) is 5.75 Å². The molecule has 0 aromatic heterocycles. The molecule has 4 heteroatoms. The third-order valence-electron chi connectivity index (χ3n) is 2.91. The first kappa shape index (κ1) is 11.4. The minimum absolute atomic E-state index is 0.0931. The monoisotopic (exact) mass is 224 g/mol. The molecule has 0 unspecified atom stereocenters. The number of aliphatic hydroxyl groups is 1. The van der Waals surface area contributed by atoms with Crippen molar-refractivity contribution in [1.82, 2.24) is 0 Å². The lowest BCUT2D eigenvalue weighted by Crippen LogP contribution is -2.26. The Bertz CT molecular complexity index is 369. The summed E-state index contributed by atoms with van der Waals surface area (Å²) >= 11 is 0. The maximum Gasteiger partial charge on any atom is 0.194 e. The van der Waals surface area contributed by atoms with Gasteiger partial charge in [-0.05, 0) is 18.2 Å². The third kappa shape index (κ3) is 1.80. The SMILES string of the molecule is CCC1(c2ccc(O)c(CO)c2)OCCO1. The van der Waals surface area contributed by atoms with Crippen molar-refractivity contribution >= 4 is 0 Å². The summed E-state index contributed by atoms with van der Waals surface area (Å²) in [6.45, 7) is 2.93. The van der Waals surface area contributed by atoms with Crippen LogP contribution in [0.3, 0.4) is 0 Å². The highest BCUT2D eigenvalue weighted by Gasteiger charge is 2.36. The van der Waals surface area contributed by atoms with Crippen molar-refractivity contribution in [2.24, 2.45) is 0 Å². The number of hydrogen-bond donors (Lipinski definition) is 2. The van der Waals surface area contributed by atoms with Gasteiger partial charge in [0.15, 0.2) is 5.79 Å². The zero-order valence-corrected chi connectivity index (χ0v) is 9.27. The molecule has 0 aliphatic carbocycles. The molecule has 88 valence electrons. The first-order valence-corrected chi connectivity index (χ1v) is 5.43. The molecule has 1 aromatic rings. The molecule has 0 spiro atoms. The van der Waals surface area contributed by atoms with Crippen LogP contribution in [0.2, 0.25) is 0 Å². The van der Waals surface area contributed by atoms with Crippen LogP contribution in [0.5, 0.6) is 5.75 Å². The largest absolute Gasteiger partial charge is 0.508 e. The quantitative estimate of drug-likeness (QED) is 0.816. The van der Waals surface area contributed by atoms with Gasteiger partial charge >= 0.3 is 0 Å². The lowest BCUT2D eigenvalue weighted by Gasteiger charge is -2.26. The highest BCUT2D eigenvalue weighted by molar-refractivity contribution is 5.37. The molecule has 1 fully saturated rings. The summed E-state index contributed by atoms with van der Waals surface area (Å²) < 4.78 is 11.3. The number of benzene rings is 1. The molecule has 0 amide bonds. The zero-order valence-electron chi connectivity index (χ0n) is 9.27. The van der Waals surface area contributed by atoms with E-state index in [1.54, 1.807) is 18.2 Å². The minimum atomic E-state index is -0.711. The average molecular weight is 224 g/mol. The Morgan fingerprint density at radius 3 is 2.56 bits per heavy atom. The number of aromatic hydroxyl groups is 1. The topological polar surface area (TPSA) is 58.9 Å². The smallest absolute Gasteiger partial charge is 0.194 e. The first-order valence-electron chi connectivity index (χ1n) is 5.43. The van der Waals surface area contributed by atoms with Gasteiger partial charge in [-0.15, -0.1) is 0 Å². The Kier molecular flexibility index (Phi) is 3.14. The number of rotatable bonds is 3. The molecule has 4 nitrogen and oxygen atoms in total.